The standard InChI is InChI=1S/C8H12N3O3/c1-9-8(14)7-2-10-5-11(7)3-6(13)4-12/h5-6,12-13H,3-4H2,1H3,(H,9,14). The summed E-state index contributed by atoms with van der Waals surface area (Å²) in [7, 11) is 1.50. The highest BCUT2D eigenvalue weighted by Crippen LogP contribution is 2.00. The number of aliphatic hydroxyl groups is 2. The molecule has 1 heterocycles. The van der Waals surface area contributed by atoms with Gasteiger partial charge in [-0.1, -0.05) is 0 Å². The van der Waals surface area contributed by atoms with Crippen molar-refractivity contribution in [1.82, 2.24) is 14.9 Å². The molecule has 0 saturated carbocycles. The minimum absolute atomic E-state index is 0.121. The Kier molecular flexibility index (Phi) is 3.61. The molecule has 0 aliphatic rings. The molecule has 1 radical (unpaired) electrons. The summed E-state index contributed by atoms with van der Waals surface area (Å²) >= 11 is 0. The molecule has 0 bridgehead atoms. The van der Waals surface area contributed by atoms with Gasteiger partial charge in [-0.3, -0.25) is 4.79 Å². The molecular formula is C8H12N3O3. The van der Waals surface area contributed by atoms with E-state index in [0.29, 0.717) is 0 Å². The van der Waals surface area contributed by atoms with Crippen LogP contribution >= 0.6 is 0 Å². The van der Waals surface area contributed by atoms with Crippen LogP contribution < -0.4 is 5.32 Å². The fourth-order valence-corrected chi connectivity index (χ4v) is 1.00. The number of hydrogen-bond donors (Lipinski definition) is 3. The third kappa shape index (κ3) is 2.30. The first-order chi connectivity index (χ1) is 6.69. The number of rotatable bonds is 4. The third-order valence-corrected chi connectivity index (χ3v) is 1.72. The number of nitrogens with one attached hydrogen (secondary N) is 1. The van der Waals surface area contributed by atoms with Gasteiger partial charge in [-0.05, 0) is 0 Å². The zero-order chi connectivity index (χ0) is 10.6. The van der Waals surface area contributed by atoms with E-state index in [9.17, 15) is 4.79 Å². The summed E-state index contributed by atoms with van der Waals surface area (Å²) in [6.45, 7) is -0.235. The molecule has 14 heavy (non-hydrogen) atoms. The lowest BCUT2D eigenvalue weighted by molar-refractivity contribution is 0.0788. The maximum absolute atomic E-state index is 11.2. The smallest absolute Gasteiger partial charge is 0.270 e. The Morgan fingerprint density at radius 1 is 1.86 bits per heavy atom. The van der Waals surface area contributed by atoms with E-state index in [0.717, 1.165) is 0 Å². The number of aliphatic hydroxyl groups excluding tert-OH is 2. The SMILES string of the molecule is CNC(=O)c1[c]ncn1CC(O)CO. The normalized spacial score (nSPS) is 12.5. The fourth-order valence-electron chi connectivity index (χ4n) is 1.00. The largest absolute Gasteiger partial charge is 0.394 e. The van der Waals surface area contributed by atoms with Crippen LogP contribution in [0.5, 0.6) is 0 Å². The molecule has 1 unspecified atom stereocenters. The van der Waals surface area contributed by atoms with Crippen molar-refractivity contribution >= 4 is 5.91 Å². The van der Waals surface area contributed by atoms with Crippen molar-refractivity contribution in [3.8, 4) is 0 Å². The summed E-state index contributed by atoms with van der Waals surface area (Å²) in [6, 6.07) is 0. The summed E-state index contributed by atoms with van der Waals surface area (Å²) in [6.07, 6.45) is 2.97. The predicted molar refractivity (Wildman–Crippen MR) is 47.5 cm³/mol. The van der Waals surface area contributed by atoms with Gasteiger partial charge in [0.2, 0.25) is 0 Å². The van der Waals surface area contributed by atoms with E-state index in [2.05, 4.69) is 16.5 Å². The first-order valence-electron chi connectivity index (χ1n) is 4.12. The summed E-state index contributed by atoms with van der Waals surface area (Å²) in [5.74, 6) is -0.326. The Bertz CT molecular complexity index is 311. The van der Waals surface area contributed by atoms with E-state index >= 15 is 0 Å². The van der Waals surface area contributed by atoms with E-state index in [1.807, 2.05) is 0 Å². The molecule has 0 fully saturated rings. The van der Waals surface area contributed by atoms with Crippen molar-refractivity contribution < 1.29 is 15.0 Å². The number of carbonyl (C=O) groups excluding carboxylic acids is 1. The zero-order valence-electron chi connectivity index (χ0n) is 7.77. The van der Waals surface area contributed by atoms with Crippen LogP contribution in [0.15, 0.2) is 6.33 Å². The van der Waals surface area contributed by atoms with Gasteiger partial charge < -0.3 is 20.1 Å². The molecular weight excluding hydrogens is 186 g/mol. The average molecular weight is 198 g/mol. The average Bonchev–Trinajstić information content (AvgIpc) is 2.64. The molecule has 1 aromatic rings. The molecule has 77 valence electrons. The van der Waals surface area contributed by atoms with Crippen LogP contribution in [0.4, 0.5) is 0 Å². The van der Waals surface area contributed by atoms with Crippen LogP contribution in [0.1, 0.15) is 10.5 Å². The summed E-state index contributed by atoms with van der Waals surface area (Å²) in [5, 5.41) is 20.2. The number of aromatic nitrogens is 2. The predicted octanol–water partition coefficient (Wildman–Crippen LogP) is -1.60. The van der Waals surface area contributed by atoms with Crippen LogP contribution in [0.2, 0.25) is 0 Å². The second-order valence-electron chi connectivity index (χ2n) is 2.77. The van der Waals surface area contributed by atoms with Gasteiger partial charge in [0.1, 0.15) is 11.9 Å². The van der Waals surface area contributed by atoms with Crippen LogP contribution in [0, 0.1) is 6.20 Å². The fraction of sp³-hybridized carbons (Fsp3) is 0.500. The van der Waals surface area contributed by atoms with E-state index in [1.54, 1.807) is 0 Å². The van der Waals surface area contributed by atoms with Crippen LogP contribution in [-0.4, -0.2) is 45.4 Å². The van der Waals surface area contributed by atoms with Gasteiger partial charge in [0, 0.05) is 7.05 Å². The van der Waals surface area contributed by atoms with Gasteiger partial charge >= 0.3 is 0 Å². The number of nitrogens with zero attached hydrogens (tertiary/aromatic N) is 2. The molecule has 0 aromatic carbocycles. The maximum atomic E-state index is 11.2. The number of imidazole rings is 1. The minimum atomic E-state index is -0.902. The van der Waals surface area contributed by atoms with Crippen molar-refractivity contribution in [2.75, 3.05) is 13.7 Å². The molecule has 0 saturated heterocycles. The molecule has 6 nitrogen and oxygen atoms in total. The zero-order valence-corrected chi connectivity index (χ0v) is 7.77. The lowest BCUT2D eigenvalue weighted by Crippen LogP contribution is -2.26. The Balaban J connectivity index is 2.77. The Hall–Kier alpha value is -1.40. The van der Waals surface area contributed by atoms with Crippen molar-refractivity contribution in [1.29, 1.82) is 0 Å². The van der Waals surface area contributed by atoms with E-state index in [-0.39, 0.29) is 24.8 Å². The second-order valence-corrected chi connectivity index (χ2v) is 2.77. The topological polar surface area (TPSA) is 87.4 Å². The maximum Gasteiger partial charge on any atom is 0.270 e. The first-order valence-corrected chi connectivity index (χ1v) is 4.12. The molecule has 6 heteroatoms. The number of hydrogen-bond acceptors (Lipinski definition) is 4. The second kappa shape index (κ2) is 4.73. The molecule has 3 N–H and O–H groups in total. The molecule has 1 rings (SSSR count). The van der Waals surface area contributed by atoms with Crippen LogP contribution in [-0.2, 0) is 6.54 Å². The van der Waals surface area contributed by atoms with Crippen molar-refractivity contribution in [2.24, 2.45) is 0 Å². The highest BCUT2D eigenvalue weighted by Gasteiger charge is 2.12. The van der Waals surface area contributed by atoms with Gasteiger partial charge in [-0.25, -0.2) is 4.98 Å². The molecule has 1 atom stereocenters. The Labute approximate surface area is 81.2 Å². The van der Waals surface area contributed by atoms with Gasteiger partial charge in [0.15, 0.2) is 0 Å². The van der Waals surface area contributed by atoms with Gasteiger partial charge in [-0.2, -0.15) is 0 Å². The first kappa shape index (κ1) is 10.7. The quantitative estimate of drug-likeness (QED) is 0.543. The molecule has 1 amide bonds. The molecule has 0 aliphatic carbocycles. The van der Waals surface area contributed by atoms with Crippen LogP contribution in [0.25, 0.3) is 0 Å². The Morgan fingerprint density at radius 2 is 2.57 bits per heavy atom. The highest BCUT2D eigenvalue weighted by atomic mass is 16.3. The third-order valence-electron chi connectivity index (χ3n) is 1.72. The summed E-state index contributed by atoms with van der Waals surface area (Å²) in [5.41, 5.74) is 0.236. The minimum Gasteiger partial charge on any atom is -0.394 e. The lowest BCUT2D eigenvalue weighted by Gasteiger charge is -2.10. The summed E-state index contributed by atoms with van der Waals surface area (Å²) in [4.78, 5) is 14.9. The van der Waals surface area contributed by atoms with Crippen molar-refractivity contribution in [3.05, 3.63) is 18.2 Å². The van der Waals surface area contributed by atoms with Gasteiger partial charge in [0.05, 0.1) is 25.6 Å². The highest BCUT2D eigenvalue weighted by molar-refractivity contribution is 5.91. The number of amides is 1. The van der Waals surface area contributed by atoms with Crippen LogP contribution in [0.3, 0.4) is 0 Å². The summed E-state index contributed by atoms with van der Waals surface area (Å²) < 4.78 is 1.43. The molecule has 0 spiro atoms. The van der Waals surface area contributed by atoms with E-state index in [4.69, 9.17) is 10.2 Å². The lowest BCUT2D eigenvalue weighted by atomic mass is 10.3. The molecule has 1 aromatic heterocycles. The van der Waals surface area contributed by atoms with Crippen molar-refractivity contribution in [3.63, 3.8) is 0 Å². The van der Waals surface area contributed by atoms with E-state index in [1.165, 1.54) is 17.9 Å². The van der Waals surface area contributed by atoms with E-state index < -0.39 is 6.10 Å². The number of carbonyl (C=O) groups is 1. The van der Waals surface area contributed by atoms with Gasteiger partial charge in [0.25, 0.3) is 5.91 Å². The monoisotopic (exact) mass is 198 g/mol. The molecule has 0 aliphatic heterocycles. The van der Waals surface area contributed by atoms with Gasteiger partial charge in [-0.15, -0.1) is 0 Å². The van der Waals surface area contributed by atoms with Crippen molar-refractivity contribution in [2.45, 2.75) is 12.6 Å². The Morgan fingerprint density at radius 3 is 3.14 bits per heavy atom.